The largest absolute Gasteiger partial charge is 0.496 e. The number of Topliss-reactive ketones (excluding diaryl/α,β-unsaturated/α-hetero) is 1. The molecule has 1 atom stereocenters. The highest BCUT2D eigenvalue weighted by atomic mass is 16.5. The minimum Gasteiger partial charge on any atom is -0.496 e. The Bertz CT molecular complexity index is 485. The first-order valence-corrected chi connectivity index (χ1v) is 6.64. The van der Waals surface area contributed by atoms with E-state index in [-0.39, 0.29) is 11.8 Å². The molecule has 19 heavy (non-hydrogen) atoms. The molecule has 1 heterocycles. The van der Waals surface area contributed by atoms with Crippen molar-refractivity contribution in [1.29, 1.82) is 0 Å². The van der Waals surface area contributed by atoms with Crippen molar-refractivity contribution in [2.24, 2.45) is 0 Å². The molecule has 1 aromatic rings. The summed E-state index contributed by atoms with van der Waals surface area (Å²) in [5.41, 5.74) is 2.94. The summed E-state index contributed by atoms with van der Waals surface area (Å²) in [4.78, 5) is 14.8. The summed E-state index contributed by atoms with van der Waals surface area (Å²) in [5.74, 6) is 0.787. The lowest BCUT2D eigenvalue weighted by atomic mass is 9.97. The van der Waals surface area contributed by atoms with Gasteiger partial charge in [0.25, 0.3) is 0 Å². The monoisotopic (exact) mass is 262 g/mol. The molecule has 0 aromatic heterocycles. The molecular weight excluding hydrogens is 240 g/mol. The number of ketones is 1. The van der Waals surface area contributed by atoms with Gasteiger partial charge in [0.05, 0.1) is 18.7 Å². The van der Waals surface area contributed by atoms with Crippen molar-refractivity contribution in [2.75, 3.05) is 33.8 Å². The summed E-state index contributed by atoms with van der Waals surface area (Å²) in [6, 6.07) is 3.73. The average molecular weight is 262 g/mol. The molecule has 1 saturated heterocycles. The van der Waals surface area contributed by atoms with E-state index < -0.39 is 0 Å². The second-order valence-corrected chi connectivity index (χ2v) is 5.27. The lowest BCUT2D eigenvalue weighted by Gasteiger charge is -2.30. The summed E-state index contributed by atoms with van der Waals surface area (Å²) < 4.78 is 5.36. The second-order valence-electron chi connectivity index (χ2n) is 5.27. The molecule has 2 rings (SSSR count). The number of nitrogens with one attached hydrogen (secondary N) is 1. The fraction of sp³-hybridized carbons (Fsp3) is 0.533. The molecule has 4 heteroatoms. The number of benzene rings is 1. The molecule has 1 N–H and O–H groups in total. The molecule has 0 bridgehead atoms. The van der Waals surface area contributed by atoms with Crippen LogP contribution in [0.3, 0.4) is 0 Å². The van der Waals surface area contributed by atoms with E-state index in [2.05, 4.69) is 10.2 Å². The van der Waals surface area contributed by atoms with Crippen LogP contribution in [-0.2, 0) is 0 Å². The number of hydrogen-bond acceptors (Lipinski definition) is 4. The lowest BCUT2D eigenvalue weighted by molar-refractivity contribution is 0.0891. The lowest BCUT2D eigenvalue weighted by Crippen LogP contribution is -2.52. The Kier molecular flexibility index (Phi) is 4.22. The van der Waals surface area contributed by atoms with Gasteiger partial charge in [-0.25, -0.2) is 0 Å². The van der Waals surface area contributed by atoms with Gasteiger partial charge < -0.3 is 15.0 Å². The highest BCUT2D eigenvalue weighted by Crippen LogP contribution is 2.24. The van der Waals surface area contributed by atoms with Gasteiger partial charge >= 0.3 is 0 Å². The number of hydrogen-bond donors (Lipinski definition) is 1. The number of ether oxygens (including phenoxy) is 1. The van der Waals surface area contributed by atoms with Crippen LogP contribution in [0.1, 0.15) is 21.5 Å². The number of aryl methyl sites for hydroxylation is 2. The first kappa shape index (κ1) is 14.0. The summed E-state index contributed by atoms with van der Waals surface area (Å²) in [5, 5.41) is 3.29. The van der Waals surface area contributed by atoms with Crippen molar-refractivity contribution >= 4 is 5.78 Å². The van der Waals surface area contributed by atoms with Gasteiger partial charge in [-0.05, 0) is 44.2 Å². The van der Waals surface area contributed by atoms with Gasteiger partial charge in [0.15, 0.2) is 5.78 Å². The number of carbonyl (C=O) groups excluding carboxylic acids is 1. The van der Waals surface area contributed by atoms with Crippen LogP contribution in [-0.4, -0.2) is 50.5 Å². The van der Waals surface area contributed by atoms with E-state index in [1.54, 1.807) is 7.11 Å². The van der Waals surface area contributed by atoms with E-state index >= 15 is 0 Å². The molecule has 104 valence electrons. The van der Waals surface area contributed by atoms with E-state index in [1.807, 2.05) is 33.0 Å². The maximum atomic E-state index is 12.6. The Labute approximate surface area is 114 Å². The molecular formula is C15H22N2O2. The molecule has 1 fully saturated rings. The SMILES string of the molecule is COc1cc(C)c(C)cc1C(=O)C1CN(C)CCN1. The van der Waals surface area contributed by atoms with E-state index in [0.717, 1.165) is 30.8 Å². The Hall–Kier alpha value is -1.39. The molecule has 1 aliphatic rings. The number of carbonyl (C=O) groups is 1. The topological polar surface area (TPSA) is 41.6 Å². The summed E-state index contributed by atoms with van der Waals surface area (Å²) in [6.45, 7) is 6.62. The van der Waals surface area contributed by atoms with E-state index in [9.17, 15) is 4.79 Å². The molecule has 0 saturated carbocycles. The fourth-order valence-electron chi connectivity index (χ4n) is 2.41. The number of rotatable bonds is 3. The molecule has 4 nitrogen and oxygen atoms in total. The van der Waals surface area contributed by atoms with Crippen molar-refractivity contribution in [3.05, 3.63) is 28.8 Å². The average Bonchev–Trinajstić information content (AvgIpc) is 2.40. The number of likely N-dealkylation sites (N-methyl/N-ethyl adjacent to an activating group) is 1. The molecule has 0 radical (unpaired) electrons. The minimum absolute atomic E-state index is 0.117. The quantitative estimate of drug-likeness (QED) is 0.836. The summed E-state index contributed by atoms with van der Waals surface area (Å²) >= 11 is 0. The highest BCUT2D eigenvalue weighted by molar-refractivity contribution is 6.03. The fourth-order valence-corrected chi connectivity index (χ4v) is 2.41. The van der Waals surface area contributed by atoms with Gasteiger partial charge in [0.1, 0.15) is 5.75 Å². The van der Waals surface area contributed by atoms with Crippen LogP contribution in [0.5, 0.6) is 5.75 Å². The number of nitrogens with zero attached hydrogens (tertiary/aromatic N) is 1. The van der Waals surface area contributed by atoms with Gasteiger partial charge in [-0.2, -0.15) is 0 Å². The van der Waals surface area contributed by atoms with Crippen LogP contribution in [0.25, 0.3) is 0 Å². The Balaban J connectivity index is 2.30. The first-order valence-electron chi connectivity index (χ1n) is 6.64. The maximum absolute atomic E-state index is 12.6. The van der Waals surface area contributed by atoms with Crippen LogP contribution in [0, 0.1) is 13.8 Å². The van der Waals surface area contributed by atoms with Gasteiger partial charge in [-0.1, -0.05) is 0 Å². The highest BCUT2D eigenvalue weighted by Gasteiger charge is 2.26. The molecule has 1 aromatic carbocycles. The van der Waals surface area contributed by atoms with Crippen molar-refractivity contribution in [2.45, 2.75) is 19.9 Å². The van der Waals surface area contributed by atoms with Crippen LogP contribution in [0.4, 0.5) is 0 Å². The molecule has 0 amide bonds. The van der Waals surface area contributed by atoms with Crippen LogP contribution < -0.4 is 10.1 Å². The first-order chi connectivity index (χ1) is 9.02. The van der Waals surface area contributed by atoms with E-state index in [1.165, 1.54) is 0 Å². The third-order valence-corrected chi connectivity index (χ3v) is 3.78. The summed E-state index contributed by atoms with van der Waals surface area (Å²) in [6.07, 6.45) is 0. The maximum Gasteiger partial charge on any atom is 0.184 e. The van der Waals surface area contributed by atoms with Crippen molar-refractivity contribution in [3.63, 3.8) is 0 Å². The van der Waals surface area contributed by atoms with Gasteiger partial charge in [-0.3, -0.25) is 4.79 Å². The number of methoxy groups -OCH3 is 1. The second kappa shape index (κ2) is 5.72. The van der Waals surface area contributed by atoms with E-state index in [4.69, 9.17) is 4.74 Å². The van der Waals surface area contributed by atoms with Gasteiger partial charge in [0, 0.05) is 19.6 Å². The van der Waals surface area contributed by atoms with Crippen molar-refractivity contribution in [1.82, 2.24) is 10.2 Å². The van der Waals surface area contributed by atoms with E-state index in [0.29, 0.717) is 11.3 Å². The Morgan fingerprint density at radius 2 is 2.05 bits per heavy atom. The third kappa shape index (κ3) is 2.96. The molecule has 1 unspecified atom stereocenters. The zero-order valence-corrected chi connectivity index (χ0v) is 12.1. The van der Waals surface area contributed by atoms with Gasteiger partial charge in [0.2, 0.25) is 0 Å². The minimum atomic E-state index is -0.144. The van der Waals surface area contributed by atoms with Crippen LogP contribution in [0.15, 0.2) is 12.1 Å². The summed E-state index contributed by atoms with van der Waals surface area (Å²) in [7, 11) is 3.65. The van der Waals surface area contributed by atoms with Gasteiger partial charge in [-0.15, -0.1) is 0 Å². The Morgan fingerprint density at radius 1 is 1.37 bits per heavy atom. The molecule has 0 spiro atoms. The zero-order chi connectivity index (χ0) is 14.0. The zero-order valence-electron chi connectivity index (χ0n) is 12.1. The molecule has 0 aliphatic carbocycles. The van der Waals surface area contributed by atoms with Crippen LogP contribution >= 0.6 is 0 Å². The third-order valence-electron chi connectivity index (χ3n) is 3.78. The van der Waals surface area contributed by atoms with Crippen molar-refractivity contribution in [3.8, 4) is 5.75 Å². The standard InChI is InChI=1S/C15H22N2O2/c1-10-7-12(14(19-4)8-11(10)2)15(18)13-9-17(3)6-5-16-13/h7-8,13,16H,5-6,9H2,1-4H3. The predicted molar refractivity (Wildman–Crippen MR) is 76.1 cm³/mol. The number of piperazine rings is 1. The predicted octanol–water partition coefficient (Wildman–Crippen LogP) is 1.40. The molecule has 1 aliphatic heterocycles. The Morgan fingerprint density at radius 3 is 2.68 bits per heavy atom. The smallest absolute Gasteiger partial charge is 0.184 e. The van der Waals surface area contributed by atoms with Crippen LogP contribution in [0.2, 0.25) is 0 Å². The normalized spacial score (nSPS) is 20.3. The van der Waals surface area contributed by atoms with Crippen molar-refractivity contribution < 1.29 is 9.53 Å².